The first-order chi connectivity index (χ1) is 14.1. The zero-order valence-electron chi connectivity index (χ0n) is 16.7. The second-order valence-corrected chi connectivity index (χ2v) is 8.94. The lowest BCUT2D eigenvalue weighted by molar-refractivity contribution is 0.102. The van der Waals surface area contributed by atoms with E-state index in [1.807, 2.05) is 36.4 Å². The molecule has 1 aliphatic carbocycles. The van der Waals surface area contributed by atoms with E-state index < -0.39 is 0 Å². The Hall–Kier alpha value is -2.46. The molecule has 3 aromatic rings. The molecule has 2 aliphatic rings. The maximum absolute atomic E-state index is 13.1. The maximum Gasteiger partial charge on any atom is 0.255 e. The first-order valence-electron chi connectivity index (χ1n) is 10.6. The van der Waals surface area contributed by atoms with E-state index in [0.29, 0.717) is 16.5 Å². The summed E-state index contributed by atoms with van der Waals surface area (Å²) in [6.07, 6.45) is 5.76. The van der Waals surface area contributed by atoms with Crippen LogP contribution in [0.2, 0.25) is 5.02 Å². The molecule has 0 spiro atoms. The van der Waals surface area contributed by atoms with Crippen LogP contribution in [0.5, 0.6) is 0 Å². The van der Waals surface area contributed by atoms with Crippen LogP contribution >= 0.6 is 11.6 Å². The number of anilines is 2. The van der Waals surface area contributed by atoms with E-state index in [4.69, 9.17) is 11.6 Å². The maximum atomic E-state index is 13.1. The summed E-state index contributed by atoms with van der Waals surface area (Å²) in [6.45, 7) is 4.34. The van der Waals surface area contributed by atoms with Gasteiger partial charge in [-0.05, 0) is 80.0 Å². The van der Waals surface area contributed by atoms with Crippen LogP contribution < -0.4 is 10.2 Å². The van der Waals surface area contributed by atoms with Crippen molar-refractivity contribution in [2.75, 3.05) is 23.3 Å². The number of nitrogens with zero attached hydrogens (tertiary/aromatic N) is 1. The Balaban J connectivity index is 1.46. The predicted molar refractivity (Wildman–Crippen MR) is 120 cm³/mol. The van der Waals surface area contributed by atoms with Gasteiger partial charge in [-0.2, -0.15) is 0 Å². The van der Waals surface area contributed by atoms with Crippen molar-refractivity contribution in [3.8, 4) is 0 Å². The number of amides is 1. The summed E-state index contributed by atoms with van der Waals surface area (Å²) < 4.78 is 0. The van der Waals surface area contributed by atoms with Crippen LogP contribution in [-0.4, -0.2) is 24.0 Å². The molecule has 0 saturated carbocycles. The lowest BCUT2D eigenvalue weighted by Crippen LogP contribution is -2.21. The largest absolute Gasteiger partial charge is 0.370 e. The van der Waals surface area contributed by atoms with Gasteiger partial charge in [-0.15, -0.1) is 0 Å². The normalized spacial score (nSPS) is 18.8. The fraction of sp³-hybridized carbons (Fsp3) is 0.375. The number of carbonyl (C=O) groups excluding carboxylic acids is 1. The first-order valence-corrected chi connectivity index (χ1v) is 11.0. The zero-order valence-corrected chi connectivity index (χ0v) is 17.5. The monoisotopic (exact) mass is 407 g/mol. The second kappa shape index (κ2) is 7.42. The summed E-state index contributed by atoms with van der Waals surface area (Å²) in [7, 11) is 0. The van der Waals surface area contributed by atoms with Crippen LogP contribution in [0.3, 0.4) is 0 Å². The number of carbonyl (C=O) groups is 1. The lowest BCUT2D eigenvalue weighted by Gasteiger charge is -2.22. The second-order valence-electron chi connectivity index (χ2n) is 8.50. The molecule has 1 aliphatic heterocycles. The van der Waals surface area contributed by atoms with Gasteiger partial charge in [-0.25, -0.2) is 0 Å². The molecule has 0 bridgehead atoms. The Labute approximate surface area is 176 Å². The summed E-state index contributed by atoms with van der Waals surface area (Å²) in [6, 6.07) is 11.7. The number of hydrogen-bond acceptors (Lipinski definition) is 2. The minimum absolute atomic E-state index is 0.0894. The van der Waals surface area contributed by atoms with Gasteiger partial charge in [0.05, 0.1) is 11.4 Å². The molecule has 4 nitrogen and oxygen atoms in total. The number of nitrogens with one attached hydrogen (secondary N) is 2. The molecular formula is C24H26ClN3O. The van der Waals surface area contributed by atoms with Crippen molar-refractivity contribution in [3.63, 3.8) is 0 Å². The summed E-state index contributed by atoms with van der Waals surface area (Å²) in [5, 5.41) is 4.93. The van der Waals surface area contributed by atoms with Crippen LogP contribution in [0.4, 0.5) is 11.4 Å². The highest BCUT2D eigenvalue weighted by Gasteiger charge is 2.21. The van der Waals surface area contributed by atoms with Crippen molar-refractivity contribution in [3.05, 3.63) is 58.2 Å². The summed E-state index contributed by atoms with van der Waals surface area (Å²) in [5.74, 6) is 0.599. The summed E-state index contributed by atoms with van der Waals surface area (Å²) in [5.41, 5.74) is 6.37. The lowest BCUT2D eigenvalue weighted by atomic mass is 9.87. The average molecular weight is 408 g/mol. The van der Waals surface area contributed by atoms with Crippen molar-refractivity contribution in [1.82, 2.24) is 4.98 Å². The van der Waals surface area contributed by atoms with Gasteiger partial charge in [-0.3, -0.25) is 4.79 Å². The molecular weight excluding hydrogens is 382 g/mol. The SMILES string of the molecule is C[C@@H]1CCc2[nH]c3ccc(C(=O)Nc4cc(Cl)ccc4N4CCCC4)cc3c2C1. The van der Waals surface area contributed by atoms with Crippen molar-refractivity contribution in [2.45, 2.75) is 39.0 Å². The Morgan fingerprint density at radius 2 is 2.00 bits per heavy atom. The number of aromatic amines is 1. The van der Waals surface area contributed by atoms with Crippen LogP contribution in [0.25, 0.3) is 10.9 Å². The highest BCUT2D eigenvalue weighted by molar-refractivity contribution is 6.31. The summed E-state index contributed by atoms with van der Waals surface area (Å²) >= 11 is 6.24. The van der Waals surface area contributed by atoms with E-state index in [9.17, 15) is 4.79 Å². The fourth-order valence-electron chi connectivity index (χ4n) is 4.77. The standard InChI is InChI=1S/C24H26ClN3O/c1-15-4-7-20-18(12-15)19-13-16(5-8-21(19)26-20)24(29)27-22-14-17(25)6-9-23(22)28-10-2-3-11-28/h5-6,8-9,13-15,26H,2-4,7,10-12H2,1H3,(H,27,29)/t15-/m1/s1. The van der Waals surface area contributed by atoms with E-state index in [-0.39, 0.29) is 5.91 Å². The predicted octanol–water partition coefficient (Wildman–Crippen LogP) is 5.80. The minimum Gasteiger partial charge on any atom is -0.370 e. The quantitative estimate of drug-likeness (QED) is 0.576. The molecule has 1 aromatic heterocycles. The van der Waals surface area contributed by atoms with Crippen molar-refractivity contribution in [2.24, 2.45) is 5.92 Å². The van der Waals surface area contributed by atoms with Gasteiger partial charge in [-0.1, -0.05) is 18.5 Å². The molecule has 1 fully saturated rings. The summed E-state index contributed by atoms with van der Waals surface area (Å²) in [4.78, 5) is 19.0. The Morgan fingerprint density at radius 3 is 2.83 bits per heavy atom. The van der Waals surface area contributed by atoms with Gasteiger partial charge >= 0.3 is 0 Å². The van der Waals surface area contributed by atoms with Gasteiger partial charge in [0.25, 0.3) is 5.91 Å². The van der Waals surface area contributed by atoms with E-state index in [2.05, 4.69) is 22.1 Å². The van der Waals surface area contributed by atoms with Gasteiger partial charge in [0.2, 0.25) is 0 Å². The molecule has 1 amide bonds. The highest BCUT2D eigenvalue weighted by atomic mass is 35.5. The number of fused-ring (bicyclic) bond motifs is 3. The van der Waals surface area contributed by atoms with Crippen LogP contribution in [0.15, 0.2) is 36.4 Å². The van der Waals surface area contributed by atoms with Gasteiger partial charge in [0.15, 0.2) is 0 Å². The number of hydrogen-bond donors (Lipinski definition) is 2. The first kappa shape index (κ1) is 18.6. The molecule has 2 aromatic carbocycles. The molecule has 29 heavy (non-hydrogen) atoms. The number of rotatable bonds is 3. The van der Waals surface area contributed by atoms with Crippen molar-refractivity contribution < 1.29 is 4.79 Å². The molecule has 2 N–H and O–H groups in total. The van der Waals surface area contributed by atoms with Crippen LogP contribution in [-0.2, 0) is 12.8 Å². The molecule has 0 radical (unpaired) electrons. The zero-order chi connectivity index (χ0) is 20.0. The van der Waals surface area contributed by atoms with E-state index in [1.54, 1.807) is 0 Å². The van der Waals surface area contributed by atoms with Gasteiger partial charge < -0.3 is 15.2 Å². The van der Waals surface area contributed by atoms with Gasteiger partial charge in [0, 0.05) is 40.3 Å². The Bertz CT molecular complexity index is 1080. The Kier molecular flexibility index (Phi) is 4.75. The molecule has 1 atom stereocenters. The third-order valence-electron chi connectivity index (χ3n) is 6.35. The van der Waals surface area contributed by atoms with E-state index in [1.165, 1.54) is 35.9 Å². The third-order valence-corrected chi connectivity index (χ3v) is 6.59. The molecule has 150 valence electrons. The van der Waals surface area contributed by atoms with Gasteiger partial charge in [0.1, 0.15) is 0 Å². The molecule has 1 saturated heterocycles. The van der Waals surface area contributed by atoms with Crippen LogP contribution in [0, 0.1) is 5.92 Å². The number of H-pyrrole nitrogens is 1. The number of halogens is 1. The van der Waals surface area contributed by atoms with E-state index >= 15 is 0 Å². The average Bonchev–Trinajstić information content (AvgIpc) is 3.35. The molecule has 0 unspecified atom stereocenters. The minimum atomic E-state index is -0.0894. The Morgan fingerprint density at radius 1 is 1.17 bits per heavy atom. The highest BCUT2D eigenvalue weighted by Crippen LogP contribution is 2.34. The number of aromatic nitrogens is 1. The van der Waals surface area contributed by atoms with Crippen molar-refractivity contribution >= 4 is 39.8 Å². The van der Waals surface area contributed by atoms with Crippen LogP contribution in [0.1, 0.15) is 47.8 Å². The molecule has 2 heterocycles. The molecule has 5 rings (SSSR count). The topological polar surface area (TPSA) is 48.1 Å². The van der Waals surface area contributed by atoms with E-state index in [0.717, 1.165) is 42.8 Å². The number of aryl methyl sites for hydroxylation is 1. The third kappa shape index (κ3) is 3.51. The number of benzene rings is 2. The van der Waals surface area contributed by atoms with Crippen molar-refractivity contribution in [1.29, 1.82) is 0 Å². The fourth-order valence-corrected chi connectivity index (χ4v) is 4.94. The molecule has 5 heteroatoms. The smallest absolute Gasteiger partial charge is 0.255 e.